The molecule has 1 fully saturated rings. The van der Waals surface area contributed by atoms with Crippen LogP contribution in [0.4, 0.5) is 0 Å². The molecule has 5 heteroatoms. The van der Waals surface area contributed by atoms with Crippen LogP contribution in [-0.4, -0.2) is 28.1 Å². The smallest absolute Gasteiger partial charge is 0.233 e. The molecule has 1 unspecified atom stereocenters. The van der Waals surface area contributed by atoms with E-state index in [1.807, 2.05) is 30.3 Å². The van der Waals surface area contributed by atoms with E-state index in [2.05, 4.69) is 10.0 Å². The Kier molecular flexibility index (Phi) is 5.76. The first-order valence-corrected chi connectivity index (χ1v) is 8.64. The lowest BCUT2D eigenvalue weighted by molar-refractivity contribution is 0.358. The Labute approximate surface area is 121 Å². The SMILES string of the molecule is O=S(=O)(C=Cc1ccccc1)NCCC1CCCNC1. The highest BCUT2D eigenvalue weighted by Gasteiger charge is 2.13. The van der Waals surface area contributed by atoms with Crippen molar-refractivity contribution in [2.75, 3.05) is 19.6 Å². The van der Waals surface area contributed by atoms with E-state index >= 15 is 0 Å². The molecule has 1 aromatic rings. The number of sulfonamides is 1. The van der Waals surface area contributed by atoms with Crippen LogP contribution in [0, 0.1) is 5.92 Å². The first kappa shape index (κ1) is 15.2. The van der Waals surface area contributed by atoms with Crippen molar-refractivity contribution in [1.82, 2.24) is 10.0 Å². The molecule has 110 valence electrons. The number of nitrogens with one attached hydrogen (secondary N) is 2. The third-order valence-electron chi connectivity index (χ3n) is 3.49. The van der Waals surface area contributed by atoms with Crippen molar-refractivity contribution >= 4 is 16.1 Å². The molecule has 0 amide bonds. The second-order valence-electron chi connectivity index (χ2n) is 5.15. The molecule has 0 saturated carbocycles. The predicted molar refractivity (Wildman–Crippen MR) is 82.6 cm³/mol. The Morgan fingerprint density at radius 2 is 2.10 bits per heavy atom. The molecule has 1 aliphatic rings. The molecule has 20 heavy (non-hydrogen) atoms. The first-order chi connectivity index (χ1) is 9.66. The quantitative estimate of drug-likeness (QED) is 0.843. The zero-order valence-electron chi connectivity index (χ0n) is 11.6. The second-order valence-corrected chi connectivity index (χ2v) is 6.80. The summed E-state index contributed by atoms with van der Waals surface area (Å²) in [6.45, 7) is 2.59. The first-order valence-electron chi connectivity index (χ1n) is 7.09. The maximum absolute atomic E-state index is 11.8. The topological polar surface area (TPSA) is 58.2 Å². The van der Waals surface area contributed by atoms with Gasteiger partial charge < -0.3 is 5.32 Å². The van der Waals surface area contributed by atoms with Crippen molar-refractivity contribution < 1.29 is 8.42 Å². The molecule has 1 heterocycles. The van der Waals surface area contributed by atoms with Gasteiger partial charge in [-0.3, -0.25) is 0 Å². The van der Waals surface area contributed by atoms with Crippen LogP contribution in [-0.2, 0) is 10.0 Å². The molecule has 0 radical (unpaired) electrons. The van der Waals surface area contributed by atoms with Crippen LogP contribution in [0.25, 0.3) is 6.08 Å². The molecule has 1 saturated heterocycles. The van der Waals surface area contributed by atoms with E-state index in [0.29, 0.717) is 12.5 Å². The Morgan fingerprint density at radius 3 is 2.80 bits per heavy atom. The summed E-state index contributed by atoms with van der Waals surface area (Å²) in [7, 11) is -3.33. The molecule has 1 aliphatic heterocycles. The fourth-order valence-corrected chi connectivity index (χ4v) is 3.19. The van der Waals surface area contributed by atoms with E-state index in [9.17, 15) is 8.42 Å². The minimum atomic E-state index is -3.33. The van der Waals surface area contributed by atoms with E-state index < -0.39 is 10.0 Å². The largest absolute Gasteiger partial charge is 0.316 e. The van der Waals surface area contributed by atoms with E-state index in [4.69, 9.17) is 0 Å². The van der Waals surface area contributed by atoms with Crippen LogP contribution < -0.4 is 10.0 Å². The minimum Gasteiger partial charge on any atom is -0.316 e. The van der Waals surface area contributed by atoms with Crippen molar-refractivity contribution in [3.05, 3.63) is 41.3 Å². The van der Waals surface area contributed by atoms with Gasteiger partial charge >= 0.3 is 0 Å². The molecule has 0 aliphatic carbocycles. The maximum Gasteiger partial charge on any atom is 0.233 e. The van der Waals surface area contributed by atoms with Gasteiger partial charge in [-0.1, -0.05) is 30.3 Å². The van der Waals surface area contributed by atoms with Gasteiger partial charge in [-0.2, -0.15) is 0 Å². The number of hydrogen-bond donors (Lipinski definition) is 2. The lowest BCUT2D eigenvalue weighted by Gasteiger charge is -2.22. The Bertz CT molecular complexity index is 520. The summed E-state index contributed by atoms with van der Waals surface area (Å²) >= 11 is 0. The zero-order chi connectivity index (χ0) is 14.3. The summed E-state index contributed by atoms with van der Waals surface area (Å²) in [6.07, 6.45) is 4.88. The number of piperidine rings is 1. The summed E-state index contributed by atoms with van der Waals surface area (Å²) in [5.74, 6) is 0.588. The van der Waals surface area contributed by atoms with Crippen molar-refractivity contribution in [3.8, 4) is 0 Å². The number of benzene rings is 1. The van der Waals surface area contributed by atoms with Crippen LogP contribution in [0.1, 0.15) is 24.8 Å². The maximum atomic E-state index is 11.8. The van der Waals surface area contributed by atoms with Gasteiger partial charge in [-0.25, -0.2) is 13.1 Å². The fraction of sp³-hybridized carbons (Fsp3) is 0.467. The summed E-state index contributed by atoms with van der Waals surface area (Å²) in [5.41, 5.74) is 0.884. The summed E-state index contributed by atoms with van der Waals surface area (Å²) < 4.78 is 26.3. The zero-order valence-corrected chi connectivity index (χ0v) is 12.4. The van der Waals surface area contributed by atoms with Crippen molar-refractivity contribution in [3.63, 3.8) is 0 Å². The molecule has 2 rings (SSSR count). The highest BCUT2D eigenvalue weighted by atomic mass is 32.2. The lowest BCUT2D eigenvalue weighted by atomic mass is 9.96. The Balaban J connectivity index is 1.77. The summed E-state index contributed by atoms with van der Waals surface area (Å²) in [5, 5.41) is 4.58. The molecule has 1 atom stereocenters. The standard InChI is InChI=1S/C15H22N2O2S/c18-20(19,12-9-14-5-2-1-3-6-14)17-11-8-15-7-4-10-16-13-15/h1-3,5-6,9,12,15-17H,4,7-8,10-11,13H2. The van der Waals surface area contributed by atoms with Crippen LogP contribution >= 0.6 is 0 Å². The highest BCUT2D eigenvalue weighted by molar-refractivity contribution is 7.92. The predicted octanol–water partition coefficient (Wildman–Crippen LogP) is 1.97. The third kappa shape index (κ3) is 5.45. The van der Waals surface area contributed by atoms with E-state index in [0.717, 1.165) is 25.1 Å². The van der Waals surface area contributed by atoms with E-state index in [-0.39, 0.29) is 0 Å². The van der Waals surface area contributed by atoms with E-state index in [1.54, 1.807) is 6.08 Å². The average molecular weight is 294 g/mol. The lowest BCUT2D eigenvalue weighted by Crippen LogP contribution is -2.32. The third-order valence-corrected chi connectivity index (χ3v) is 4.59. The number of hydrogen-bond acceptors (Lipinski definition) is 3. The molecule has 0 spiro atoms. The normalized spacial score (nSPS) is 20.3. The monoisotopic (exact) mass is 294 g/mol. The van der Waals surface area contributed by atoms with Gasteiger partial charge in [-0.15, -0.1) is 0 Å². The van der Waals surface area contributed by atoms with Crippen LogP contribution in [0.15, 0.2) is 35.7 Å². The molecule has 4 nitrogen and oxygen atoms in total. The van der Waals surface area contributed by atoms with Crippen LogP contribution in [0.3, 0.4) is 0 Å². The summed E-state index contributed by atoms with van der Waals surface area (Å²) in [6, 6.07) is 9.42. The molecule has 0 bridgehead atoms. The van der Waals surface area contributed by atoms with Gasteiger partial charge in [0, 0.05) is 12.0 Å². The van der Waals surface area contributed by atoms with Crippen molar-refractivity contribution in [1.29, 1.82) is 0 Å². The highest BCUT2D eigenvalue weighted by Crippen LogP contribution is 2.13. The van der Waals surface area contributed by atoms with Gasteiger partial charge in [0.2, 0.25) is 10.0 Å². The van der Waals surface area contributed by atoms with E-state index in [1.165, 1.54) is 18.2 Å². The average Bonchev–Trinajstić information content (AvgIpc) is 2.47. The van der Waals surface area contributed by atoms with Gasteiger partial charge in [0.15, 0.2) is 0 Å². The van der Waals surface area contributed by atoms with Crippen LogP contribution in [0.2, 0.25) is 0 Å². The minimum absolute atomic E-state index is 0.508. The summed E-state index contributed by atoms with van der Waals surface area (Å²) in [4.78, 5) is 0. The van der Waals surface area contributed by atoms with Gasteiger partial charge in [0.25, 0.3) is 0 Å². The molecule has 2 N–H and O–H groups in total. The Hall–Kier alpha value is -1.17. The fourth-order valence-electron chi connectivity index (χ4n) is 2.36. The molecular weight excluding hydrogens is 272 g/mol. The molecule has 1 aromatic carbocycles. The second kappa shape index (κ2) is 7.57. The van der Waals surface area contributed by atoms with Crippen molar-refractivity contribution in [2.45, 2.75) is 19.3 Å². The van der Waals surface area contributed by atoms with Gasteiger partial charge in [-0.05, 0) is 49.9 Å². The van der Waals surface area contributed by atoms with Gasteiger partial charge in [0.1, 0.15) is 0 Å². The van der Waals surface area contributed by atoms with Crippen LogP contribution in [0.5, 0.6) is 0 Å². The molecule has 0 aromatic heterocycles. The van der Waals surface area contributed by atoms with Crippen molar-refractivity contribution in [2.24, 2.45) is 5.92 Å². The van der Waals surface area contributed by atoms with Gasteiger partial charge in [0.05, 0.1) is 0 Å². The Morgan fingerprint density at radius 1 is 1.30 bits per heavy atom. The molecular formula is C15H22N2O2S. The number of rotatable bonds is 6.